The van der Waals surface area contributed by atoms with Crippen LogP contribution in [-0.2, 0) is 14.9 Å². The van der Waals surface area contributed by atoms with Crippen molar-refractivity contribution in [2.45, 2.75) is 59.0 Å². The quantitative estimate of drug-likeness (QED) is 0.733. The maximum absolute atomic E-state index is 12.1. The number of hydrogen-bond acceptors (Lipinski definition) is 4. The molecule has 0 fully saturated rings. The highest BCUT2D eigenvalue weighted by Crippen LogP contribution is 2.39. The number of phenolic OH excluding ortho intramolecular Hbond substituents is 2. The summed E-state index contributed by atoms with van der Waals surface area (Å²) in [6.45, 7) is 9.46. The Bertz CT molecular complexity index is 741. The number of rotatable bonds is 6. The maximum Gasteiger partial charge on any atom is 0.306 e. The number of benzene rings is 2. The summed E-state index contributed by atoms with van der Waals surface area (Å²) in [6, 6.07) is 11.0. The van der Waals surface area contributed by atoms with E-state index >= 15 is 0 Å². The molecule has 2 rings (SSSR count). The fourth-order valence-corrected chi connectivity index (χ4v) is 3.13. The van der Waals surface area contributed by atoms with Crippen LogP contribution < -0.4 is 0 Å². The predicted molar refractivity (Wildman–Crippen MR) is 103 cm³/mol. The number of carbonyl (C=O) groups excluding carboxylic acids is 1. The second kappa shape index (κ2) is 7.81. The van der Waals surface area contributed by atoms with Crippen molar-refractivity contribution in [2.75, 3.05) is 0 Å². The van der Waals surface area contributed by atoms with Crippen molar-refractivity contribution in [1.29, 1.82) is 0 Å². The Hall–Kier alpha value is -2.49. The molecule has 2 N–H and O–H groups in total. The summed E-state index contributed by atoms with van der Waals surface area (Å²) in [5.74, 6) is 0.270. The predicted octanol–water partition coefficient (Wildman–Crippen LogP) is 4.75. The van der Waals surface area contributed by atoms with Crippen LogP contribution in [0.3, 0.4) is 0 Å². The van der Waals surface area contributed by atoms with Gasteiger partial charge in [0.25, 0.3) is 0 Å². The summed E-state index contributed by atoms with van der Waals surface area (Å²) in [6.07, 6.45) is 0.710. The Morgan fingerprint density at radius 1 is 1.00 bits per heavy atom. The number of aromatic hydroxyl groups is 2. The number of aryl methyl sites for hydroxylation is 2. The van der Waals surface area contributed by atoms with E-state index in [0.29, 0.717) is 6.42 Å². The average molecular weight is 356 g/mol. The van der Waals surface area contributed by atoms with E-state index in [0.717, 1.165) is 22.3 Å². The molecule has 0 bridgehead atoms. The summed E-state index contributed by atoms with van der Waals surface area (Å²) in [7, 11) is 0. The molecule has 0 atom stereocenters. The largest absolute Gasteiger partial charge is 0.508 e. The van der Waals surface area contributed by atoms with Crippen LogP contribution >= 0.6 is 0 Å². The number of phenols is 2. The molecular formula is C22H28O4. The van der Waals surface area contributed by atoms with E-state index in [9.17, 15) is 15.0 Å². The van der Waals surface area contributed by atoms with E-state index in [1.54, 1.807) is 12.1 Å². The molecule has 0 radical (unpaired) electrons. The summed E-state index contributed by atoms with van der Waals surface area (Å²) in [5.41, 5.74) is 3.14. The molecule has 0 aromatic heterocycles. The lowest BCUT2D eigenvalue weighted by Crippen LogP contribution is -2.26. The molecule has 140 valence electrons. The van der Waals surface area contributed by atoms with Crippen LogP contribution in [0.4, 0.5) is 0 Å². The molecule has 2 aromatic carbocycles. The topological polar surface area (TPSA) is 66.8 Å². The molecular weight excluding hydrogens is 328 g/mol. The van der Waals surface area contributed by atoms with Crippen molar-refractivity contribution in [3.8, 4) is 11.5 Å². The first-order valence-corrected chi connectivity index (χ1v) is 8.93. The molecule has 26 heavy (non-hydrogen) atoms. The molecule has 4 heteroatoms. The second-order valence-electron chi connectivity index (χ2n) is 7.37. The lowest BCUT2D eigenvalue weighted by molar-refractivity contribution is -0.147. The highest BCUT2D eigenvalue weighted by atomic mass is 16.5. The van der Waals surface area contributed by atoms with Crippen LogP contribution in [0.25, 0.3) is 0 Å². The molecule has 2 aromatic rings. The molecule has 0 aliphatic heterocycles. The molecule has 4 nitrogen and oxygen atoms in total. The van der Waals surface area contributed by atoms with Crippen LogP contribution in [0.5, 0.6) is 11.5 Å². The molecule has 0 aliphatic rings. The normalized spacial score (nSPS) is 11.6. The maximum atomic E-state index is 12.1. The summed E-state index contributed by atoms with van der Waals surface area (Å²) in [5, 5.41) is 19.7. The first-order valence-electron chi connectivity index (χ1n) is 8.93. The molecule has 0 amide bonds. The van der Waals surface area contributed by atoms with E-state index in [2.05, 4.69) is 6.92 Å². The molecule has 0 unspecified atom stereocenters. The monoisotopic (exact) mass is 356 g/mol. The molecule has 0 spiro atoms. The Morgan fingerprint density at radius 3 is 1.85 bits per heavy atom. The van der Waals surface area contributed by atoms with E-state index in [1.807, 2.05) is 52.0 Å². The standard InChI is InChI=1S/C22H28O4/c1-14(2)26-21(25)10-11-22(5,17-6-8-19(23)15(3)12-17)18-7-9-20(24)16(4)13-18/h6-9,12-14,23-24H,10-11H2,1-5H3. The Morgan fingerprint density at radius 2 is 1.46 bits per heavy atom. The third-order valence-electron chi connectivity index (χ3n) is 4.86. The Labute approximate surface area is 155 Å². The minimum atomic E-state index is -0.451. The zero-order valence-electron chi connectivity index (χ0n) is 16.2. The SMILES string of the molecule is Cc1cc(C(C)(CCC(=O)OC(C)C)c2ccc(O)c(C)c2)ccc1O. The van der Waals surface area contributed by atoms with Crippen molar-refractivity contribution in [2.24, 2.45) is 0 Å². The summed E-state index contributed by atoms with van der Waals surface area (Å²) < 4.78 is 5.28. The van der Waals surface area contributed by atoms with Crippen LogP contribution in [0.1, 0.15) is 55.9 Å². The smallest absolute Gasteiger partial charge is 0.306 e. The van der Waals surface area contributed by atoms with Gasteiger partial charge in [-0.1, -0.05) is 31.2 Å². The third-order valence-corrected chi connectivity index (χ3v) is 4.86. The molecule has 0 aliphatic carbocycles. The van der Waals surface area contributed by atoms with Gasteiger partial charge in [0.1, 0.15) is 11.5 Å². The Kier molecular flexibility index (Phi) is 5.96. The van der Waals surface area contributed by atoms with Gasteiger partial charge in [0.15, 0.2) is 0 Å². The van der Waals surface area contributed by atoms with Gasteiger partial charge in [-0.05, 0) is 68.5 Å². The van der Waals surface area contributed by atoms with Crippen molar-refractivity contribution < 1.29 is 19.7 Å². The van der Waals surface area contributed by atoms with Gasteiger partial charge >= 0.3 is 5.97 Å². The van der Waals surface area contributed by atoms with Crippen LogP contribution in [0.2, 0.25) is 0 Å². The van der Waals surface area contributed by atoms with Gasteiger partial charge in [0.05, 0.1) is 6.10 Å². The minimum Gasteiger partial charge on any atom is -0.508 e. The third kappa shape index (κ3) is 4.37. The van der Waals surface area contributed by atoms with Gasteiger partial charge in [-0.15, -0.1) is 0 Å². The van der Waals surface area contributed by atoms with Crippen LogP contribution in [0, 0.1) is 13.8 Å². The highest BCUT2D eigenvalue weighted by Gasteiger charge is 2.31. The van der Waals surface area contributed by atoms with Crippen LogP contribution in [-0.4, -0.2) is 22.3 Å². The number of carbonyl (C=O) groups is 1. The van der Waals surface area contributed by atoms with Crippen molar-refractivity contribution in [3.05, 3.63) is 58.7 Å². The zero-order valence-corrected chi connectivity index (χ0v) is 16.2. The zero-order chi connectivity index (χ0) is 19.5. The fourth-order valence-electron chi connectivity index (χ4n) is 3.13. The van der Waals surface area contributed by atoms with Gasteiger partial charge < -0.3 is 14.9 Å². The van der Waals surface area contributed by atoms with E-state index < -0.39 is 5.41 Å². The van der Waals surface area contributed by atoms with Crippen molar-refractivity contribution in [3.63, 3.8) is 0 Å². The fraction of sp³-hybridized carbons (Fsp3) is 0.409. The number of hydrogen-bond donors (Lipinski definition) is 2. The highest BCUT2D eigenvalue weighted by molar-refractivity contribution is 5.70. The van der Waals surface area contributed by atoms with Crippen molar-refractivity contribution in [1.82, 2.24) is 0 Å². The van der Waals surface area contributed by atoms with Gasteiger partial charge in [-0.25, -0.2) is 0 Å². The lowest BCUT2D eigenvalue weighted by Gasteiger charge is -2.32. The summed E-state index contributed by atoms with van der Waals surface area (Å²) >= 11 is 0. The van der Waals surface area contributed by atoms with Gasteiger partial charge in [0, 0.05) is 11.8 Å². The van der Waals surface area contributed by atoms with E-state index in [1.165, 1.54) is 0 Å². The summed E-state index contributed by atoms with van der Waals surface area (Å²) in [4.78, 5) is 12.1. The van der Waals surface area contributed by atoms with Crippen LogP contribution in [0.15, 0.2) is 36.4 Å². The lowest BCUT2D eigenvalue weighted by atomic mass is 9.72. The number of ether oxygens (including phenoxy) is 1. The first-order chi connectivity index (χ1) is 12.1. The van der Waals surface area contributed by atoms with E-state index in [4.69, 9.17) is 4.74 Å². The first kappa shape index (κ1) is 19.8. The molecule has 0 saturated heterocycles. The van der Waals surface area contributed by atoms with Gasteiger partial charge in [-0.2, -0.15) is 0 Å². The molecule has 0 saturated carbocycles. The second-order valence-corrected chi connectivity index (χ2v) is 7.37. The van der Waals surface area contributed by atoms with Gasteiger partial charge in [-0.3, -0.25) is 4.79 Å². The molecule has 0 heterocycles. The average Bonchev–Trinajstić information content (AvgIpc) is 2.57. The number of esters is 1. The Balaban J connectivity index is 2.44. The van der Waals surface area contributed by atoms with Crippen molar-refractivity contribution >= 4 is 5.97 Å². The van der Waals surface area contributed by atoms with Gasteiger partial charge in [0.2, 0.25) is 0 Å². The minimum absolute atomic E-state index is 0.138. The van der Waals surface area contributed by atoms with E-state index in [-0.39, 0.29) is 30.0 Å².